The Morgan fingerprint density at radius 2 is 1.47 bits per heavy atom. The van der Waals surface area contributed by atoms with E-state index in [2.05, 4.69) is 75.0 Å². The molecule has 0 saturated carbocycles. The summed E-state index contributed by atoms with van der Waals surface area (Å²) in [6.07, 6.45) is 14.7. The lowest BCUT2D eigenvalue weighted by molar-refractivity contribution is -0.687. The van der Waals surface area contributed by atoms with Gasteiger partial charge in [-0.3, -0.25) is 0 Å². The van der Waals surface area contributed by atoms with Crippen LogP contribution < -0.4 is 21.5 Å². The molecule has 4 nitrogen and oxygen atoms in total. The van der Waals surface area contributed by atoms with Gasteiger partial charge >= 0.3 is 0 Å². The van der Waals surface area contributed by atoms with Crippen LogP contribution in [0.1, 0.15) is 11.1 Å². The van der Waals surface area contributed by atoms with Crippen molar-refractivity contribution in [1.82, 2.24) is 14.1 Å². The molecule has 0 aliphatic carbocycles. The maximum Gasteiger partial charge on any atom is 0.248 e. The first-order chi connectivity index (χ1) is 14.2. The Balaban J connectivity index is 0.000000241. The van der Waals surface area contributed by atoms with Gasteiger partial charge < -0.3 is 21.5 Å². The Morgan fingerprint density at radius 3 is 1.87 bits per heavy atom. The molecule has 156 valence electrons. The largest absolute Gasteiger partial charge is 1.00 e. The minimum absolute atomic E-state index is 0. The zero-order valence-corrected chi connectivity index (χ0v) is 19.9. The SMILES string of the molecule is BrCc1ccccc1.C=Cn1cc[n+](Cc2ccccc2)c1.C=Cn1ccnc1.[Br-]. The summed E-state index contributed by atoms with van der Waals surface area (Å²) in [4.78, 5) is 3.78. The second-order valence-electron chi connectivity index (χ2n) is 6.01. The zero-order chi connectivity index (χ0) is 20.7. The van der Waals surface area contributed by atoms with E-state index in [9.17, 15) is 0 Å². The standard InChI is InChI=1S/C12H13N2.C7H7Br.C5H6N2.BrH/c1-2-13-8-9-14(11-13)10-12-6-4-3-5-7-12;8-6-7-4-2-1-3-5-7;1-2-7-4-3-6-5-7;/h2-9,11H,1,10H2;1-5H,6H2;2-5H,1H2;1H/q+1;;;/p-1. The van der Waals surface area contributed by atoms with Crippen LogP contribution in [0, 0.1) is 0 Å². The number of rotatable bonds is 5. The zero-order valence-electron chi connectivity index (χ0n) is 16.8. The summed E-state index contributed by atoms with van der Waals surface area (Å²) in [5.74, 6) is 0. The van der Waals surface area contributed by atoms with Gasteiger partial charge in [0.2, 0.25) is 6.33 Å². The van der Waals surface area contributed by atoms with Crippen molar-refractivity contribution < 1.29 is 21.5 Å². The minimum atomic E-state index is 0. The number of hydrogen-bond acceptors (Lipinski definition) is 1. The van der Waals surface area contributed by atoms with E-state index in [1.165, 1.54) is 11.1 Å². The topological polar surface area (TPSA) is 26.6 Å². The number of benzene rings is 2. The van der Waals surface area contributed by atoms with E-state index in [1.54, 1.807) is 29.5 Å². The van der Waals surface area contributed by atoms with Crippen molar-refractivity contribution >= 4 is 28.3 Å². The molecule has 0 amide bonds. The maximum absolute atomic E-state index is 3.78. The summed E-state index contributed by atoms with van der Waals surface area (Å²) < 4.78 is 5.83. The van der Waals surface area contributed by atoms with Crippen molar-refractivity contribution in [3.05, 3.63) is 122 Å². The third-order valence-electron chi connectivity index (χ3n) is 3.86. The number of nitrogens with zero attached hydrogens (tertiary/aromatic N) is 4. The molecule has 0 radical (unpaired) electrons. The normalized spacial score (nSPS) is 9.10. The average molecular weight is 530 g/mol. The highest BCUT2D eigenvalue weighted by atomic mass is 79.9. The highest BCUT2D eigenvalue weighted by Crippen LogP contribution is 2.02. The Bertz CT molecular complexity index is 949. The lowest BCUT2D eigenvalue weighted by Crippen LogP contribution is -3.00. The molecule has 4 rings (SSSR count). The molecule has 2 heterocycles. The van der Waals surface area contributed by atoms with Gasteiger partial charge in [0.15, 0.2) is 0 Å². The van der Waals surface area contributed by atoms with Crippen molar-refractivity contribution in [3.8, 4) is 0 Å². The third-order valence-corrected chi connectivity index (χ3v) is 4.51. The van der Waals surface area contributed by atoms with Gasteiger partial charge in [0.05, 0.1) is 12.5 Å². The van der Waals surface area contributed by atoms with Crippen molar-refractivity contribution in [2.45, 2.75) is 11.9 Å². The quantitative estimate of drug-likeness (QED) is 0.288. The molecule has 0 aliphatic heterocycles. The molecular weight excluding hydrogens is 504 g/mol. The van der Waals surface area contributed by atoms with Crippen LogP contribution in [0.3, 0.4) is 0 Å². The number of aromatic nitrogens is 4. The van der Waals surface area contributed by atoms with Crippen molar-refractivity contribution in [2.75, 3.05) is 0 Å². The molecule has 0 bridgehead atoms. The molecule has 2 aromatic heterocycles. The van der Waals surface area contributed by atoms with Gasteiger partial charge in [-0.05, 0) is 11.1 Å². The van der Waals surface area contributed by atoms with Gasteiger partial charge in [0.25, 0.3) is 0 Å². The first-order valence-electron chi connectivity index (χ1n) is 9.18. The van der Waals surface area contributed by atoms with Crippen molar-refractivity contribution in [2.24, 2.45) is 0 Å². The van der Waals surface area contributed by atoms with E-state index >= 15 is 0 Å². The molecule has 6 heteroatoms. The van der Waals surface area contributed by atoms with Crippen LogP contribution >= 0.6 is 15.9 Å². The molecule has 2 aromatic carbocycles. The first kappa shape index (κ1) is 25.3. The molecular formula is C24H26Br2N4. The molecule has 0 spiro atoms. The highest BCUT2D eigenvalue weighted by molar-refractivity contribution is 9.08. The van der Waals surface area contributed by atoms with Gasteiger partial charge in [-0.25, -0.2) is 14.1 Å². The van der Waals surface area contributed by atoms with Crippen LogP contribution in [0.15, 0.2) is 111 Å². The Morgan fingerprint density at radius 1 is 0.867 bits per heavy atom. The summed E-state index contributed by atoms with van der Waals surface area (Å²) in [5, 5.41) is 0.952. The Labute approximate surface area is 197 Å². The lowest BCUT2D eigenvalue weighted by Gasteiger charge is -1.95. The van der Waals surface area contributed by atoms with Gasteiger partial charge in [-0.15, -0.1) is 0 Å². The van der Waals surface area contributed by atoms with Crippen LogP contribution in [0.4, 0.5) is 0 Å². The summed E-state index contributed by atoms with van der Waals surface area (Å²) in [7, 11) is 0. The van der Waals surface area contributed by atoms with E-state index in [1.807, 2.05) is 53.8 Å². The molecule has 0 fully saturated rings. The maximum atomic E-state index is 3.78. The molecule has 0 atom stereocenters. The fourth-order valence-corrected chi connectivity index (χ4v) is 2.72. The van der Waals surface area contributed by atoms with E-state index in [0.29, 0.717) is 0 Å². The van der Waals surface area contributed by atoms with Crippen LogP contribution in [0.25, 0.3) is 12.4 Å². The number of imidazole rings is 2. The summed E-state index contributed by atoms with van der Waals surface area (Å²) in [6, 6.07) is 20.7. The number of halogens is 2. The minimum Gasteiger partial charge on any atom is -1.00 e. The monoisotopic (exact) mass is 528 g/mol. The number of alkyl halides is 1. The average Bonchev–Trinajstić information content (AvgIpc) is 3.48. The molecule has 0 saturated heterocycles. The van der Waals surface area contributed by atoms with E-state index in [0.717, 1.165) is 11.9 Å². The van der Waals surface area contributed by atoms with Gasteiger partial charge in [-0.1, -0.05) is 89.8 Å². The first-order valence-corrected chi connectivity index (χ1v) is 10.3. The van der Waals surface area contributed by atoms with Crippen LogP contribution in [-0.2, 0) is 11.9 Å². The smallest absolute Gasteiger partial charge is 0.248 e. The second kappa shape index (κ2) is 15.2. The van der Waals surface area contributed by atoms with Crippen LogP contribution in [0.5, 0.6) is 0 Å². The van der Waals surface area contributed by atoms with Gasteiger partial charge in [0.1, 0.15) is 18.9 Å². The summed E-state index contributed by atoms with van der Waals surface area (Å²) >= 11 is 3.36. The Hall–Kier alpha value is -2.70. The van der Waals surface area contributed by atoms with Crippen molar-refractivity contribution in [1.29, 1.82) is 0 Å². The molecule has 0 N–H and O–H groups in total. The van der Waals surface area contributed by atoms with Gasteiger partial charge in [0, 0.05) is 23.9 Å². The van der Waals surface area contributed by atoms with Crippen molar-refractivity contribution in [3.63, 3.8) is 0 Å². The highest BCUT2D eigenvalue weighted by Gasteiger charge is 2.01. The van der Waals surface area contributed by atoms with E-state index < -0.39 is 0 Å². The predicted octanol–water partition coefficient (Wildman–Crippen LogP) is 2.49. The molecule has 0 unspecified atom stereocenters. The predicted molar refractivity (Wildman–Crippen MR) is 124 cm³/mol. The molecule has 30 heavy (non-hydrogen) atoms. The van der Waals surface area contributed by atoms with E-state index in [4.69, 9.17) is 0 Å². The van der Waals surface area contributed by atoms with E-state index in [-0.39, 0.29) is 17.0 Å². The van der Waals surface area contributed by atoms with Gasteiger partial charge in [-0.2, -0.15) is 0 Å². The lowest BCUT2D eigenvalue weighted by atomic mass is 10.2. The fourth-order valence-electron chi connectivity index (χ4n) is 2.35. The summed E-state index contributed by atoms with van der Waals surface area (Å²) in [6.45, 7) is 8.13. The molecule has 4 aromatic rings. The second-order valence-corrected chi connectivity index (χ2v) is 6.57. The number of hydrogen-bond donors (Lipinski definition) is 0. The molecule has 0 aliphatic rings. The van der Waals surface area contributed by atoms with Crippen LogP contribution in [-0.4, -0.2) is 14.1 Å². The third kappa shape index (κ3) is 9.67. The fraction of sp³-hybridized carbons (Fsp3) is 0.0833. The Kier molecular flexibility index (Phi) is 12.8. The summed E-state index contributed by atoms with van der Waals surface area (Å²) in [5.41, 5.74) is 2.63. The van der Waals surface area contributed by atoms with Crippen LogP contribution in [0.2, 0.25) is 0 Å².